The van der Waals surface area contributed by atoms with Crippen molar-refractivity contribution in [2.45, 2.75) is 25.2 Å². The van der Waals surface area contributed by atoms with Crippen LogP contribution in [0.4, 0.5) is 14.9 Å². The summed E-state index contributed by atoms with van der Waals surface area (Å²) < 4.78 is 19.4. The first-order chi connectivity index (χ1) is 15.0. The smallest absolute Gasteiger partial charge is 0.321 e. The third-order valence-electron chi connectivity index (χ3n) is 6.26. The minimum atomic E-state index is -0.771. The van der Waals surface area contributed by atoms with Gasteiger partial charge in [0.25, 0.3) is 0 Å². The van der Waals surface area contributed by atoms with Crippen LogP contribution in [0.1, 0.15) is 24.0 Å². The van der Waals surface area contributed by atoms with E-state index in [1.165, 1.54) is 12.1 Å². The van der Waals surface area contributed by atoms with Gasteiger partial charge in [-0.15, -0.1) is 0 Å². The molecule has 2 saturated heterocycles. The second-order valence-corrected chi connectivity index (χ2v) is 8.28. The number of piperazine rings is 1. The summed E-state index contributed by atoms with van der Waals surface area (Å²) in [5, 5.41) is 2.92. The fourth-order valence-corrected chi connectivity index (χ4v) is 4.47. The predicted molar refractivity (Wildman–Crippen MR) is 116 cm³/mol. The van der Waals surface area contributed by atoms with Crippen LogP contribution in [0.15, 0.2) is 48.5 Å². The van der Waals surface area contributed by atoms with Crippen molar-refractivity contribution in [3.8, 4) is 0 Å². The van der Waals surface area contributed by atoms with Gasteiger partial charge in [0.15, 0.2) is 0 Å². The van der Waals surface area contributed by atoms with Crippen LogP contribution >= 0.6 is 0 Å². The number of hydrogen-bond donors (Lipinski definition) is 1. The summed E-state index contributed by atoms with van der Waals surface area (Å²) in [6, 6.07) is 13.8. The van der Waals surface area contributed by atoms with Crippen molar-refractivity contribution in [3.63, 3.8) is 0 Å². The van der Waals surface area contributed by atoms with Crippen molar-refractivity contribution in [2.24, 2.45) is 0 Å². The van der Waals surface area contributed by atoms with Gasteiger partial charge >= 0.3 is 6.03 Å². The number of rotatable bonds is 3. The average molecular weight is 426 g/mol. The summed E-state index contributed by atoms with van der Waals surface area (Å²) in [5.41, 5.74) is 1.77. The fraction of sp³-hybridized carbons (Fsp3) is 0.417. The highest BCUT2D eigenvalue weighted by molar-refractivity contribution is 5.91. The van der Waals surface area contributed by atoms with Gasteiger partial charge in [-0.2, -0.15) is 0 Å². The molecule has 0 saturated carbocycles. The Hall–Kier alpha value is -2.93. The number of halogens is 1. The maximum absolute atomic E-state index is 13.9. The van der Waals surface area contributed by atoms with E-state index in [0.29, 0.717) is 57.8 Å². The summed E-state index contributed by atoms with van der Waals surface area (Å²) in [6.07, 6.45) is 1.06. The first-order valence-corrected chi connectivity index (χ1v) is 10.7. The molecule has 0 aliphatic carbocycles. The number of ether oxygens (including phenoxy) is 1. The van der Waals surface area contributed by atoms with E-state index in [2.05, 4.69) is 5.32 Å². The molecule has 0 atom stereocenters. The van der Waals surface area contributed by atoms with Crippen LogP contribution in [0.3, 0.4) is 0 Å². The zero-order valence-corrected chi connectivity index (χ0v) is 17.8. The molecule has 7 heteroatoms. The summed E-state index contributed by atoms with van der Waals surface area (Å²) in [5.74, 6) is -0.339. The molecule has 0 radical (unpaired) electrons. The van der Waals surface area contributed by atoms with Gasteiger partial charge in [0.05, 0.1) is 5.41 Å². The van der Waals surface area contributed by atoms with Crippen LogP contribution in [0.2, 0.25) is 0 Å². The SMILES string of the molecule is Cc1cccc(NC(=O)N2CCN(C(=O)C3(c4cccc(F)c4)CCOCC3)CC2)c1. The lowest BCUT2D eigenvalue weighted by molar-refractivity contribution is -0.142. The highest BCUT2D eigenvalue weighted by atomic mass is 19.1. The number of carbonyl (C=O) groups excluding carboxylic acids is 2. The number of anilines is 1. The van der Waals surface area contributed by atoms with Crippen LogP contribution in [0.5, 0.6) is 0 Å². The second-order valence-electron chi connectivity index (χ2n) is 8.28. The van der Waals surface area contributed by atoms with E-state index >= 15 is 0 Å². The molecular weight excluding hydrogens is 397 g/mol. The largest absolute Gasteiger partial charge is 0.381 e. The molecule has 2 aliphatic rings. The van der Waals surface area contributed by atoms with Crippen LogP contribution < -0.4 is 5.32 Å². The van der Waals surface area contributed by atoms with E-state index in [4.69, 9.17) is 4.74 Å². The van der Waals surface area contributed by atoms with Gasteiger partial charge in [-0.05, 0) is 55.2 Å². The lowest BCUT2D eigenvalue weighted by Gasteiger charge is -2.43. The quantitative estimate of drug-likeness (QED) is 0.818. The van der Waals surface area contributed by atoms with Gasteiger partial charge in [-0.25, -0.2) is 9.18 Å². The lowest BCUT2D eigenvalue weighted by atomic mass is 9.73. The van der Waals surface area contributed by atoms with E-state index in [1.807, 2.05) is 42.2 Å². The summed E-state index contributed by atoms with van der Waals surface area (Å²) in [7, 11) is 0. The molecule has 0 bridgehead atoms. The minimum Gasteiger partial charge on any atom is -0.381 e. The Balaban J connectivity index is 1.43. The number of aryl methyl sites for hydroxylation is 1. The van der Waals surface area contributed by atoms with Crippen molar-refractivity contribution < 1.29 is 18.7 Å². The average Bonchev–Trinajstić information content (AvgIpc) is 2.79. The molecular formula is C24H28FN3O3. The van der Waals surface area contributed by atoms with E-state index in [1.54, 1.807) is 11.0 Å². The summed E-state index contributed by atoms with van der Waals surface area (Å²) >= 11 is 0. The monoisotopic (exact) mass is 425 g/mol. The van der Waals surface area contributed by atoms with Gasteiger partial charge in [0, 0.05) is 45.1 Å². The number of hydrogen-bond acceptors (Lipinski definition) is 3. The van der Waals surface area contributed by atoms with Gasteiger partial charge in [0.1, 0.15) is 5.82 Å². The molecule has 0 unspecified atom stereocenters. The van der Waals surface area contributed by atoms with Crippen LogP contribution in [-0.2, 0) is 14.9 Å². The molecule has 164 valence electrons. The summed E-state index contributed by atoms with van der Waals surface area (Å²) in [4.78, 5) is 29.8. The Kier molecular flexibility index (Phi) is 6.23. The van der Waals surface area contributed by atoms with Gasteiger partial charge in [-0.3, -0.25) is 4.79 Å². The van der Waals surface area contributed by atoms with Crippen LogP contribution in [0, 0.1) is 12.7 Å². The molecule has 3 amide bonds. The molecule has 2 aromatic carbocycles. The standard InChI is InChI=1S/C24H28FN3O3/c1-18-4-2-7-21(16-18)26-23(30)28-12-10-27(11-13-28)22(29)24(8-14-31-15-9-24)19-5-3-6-20(25)17-19/h2-7,16-17H,8-15H2,1H3,(H,26,30). The molecule has 0 spiro atoms. The molecule has 2 aromatic rings. The Morgan fingerprint density at radius 2 is 1.65 bits per heavy atom. The van der Waals surface area contributed by atoms with Gasteiger partial charge in [0.2, 0.25) is 5.91 Å². The Morgan fingerprint density at radius 3 is 2.32 bits per heavy atom. The highest BCUT2D eigenvalue weighted by Crippen LogP contribution is 2.37. The van der Waals surface area contributed by atoms with Crippen LogP contribution in [0.25, 0.3) is 0 Å². The number of amides is 3. The third-order valence-corrected chi connectivity index (χ3v) is 6.26. The maximum atomic E-state index is 13.9. The van der Waals surface area contributed by atoms with Crippen molar-refractivity contribution >= 4 is 17.6 Å². The van der Waals surface area contributed by atoms with Crippen molar-refractivity contribution in [1.29, 1.82) is 0 Å². The number of nitrogens with zero attached hydrogens (tertiary/aromatic N) is 2. The van der Waals surface area contributed by atoms with Crippen molar-refractivity contribution in [1.82, 2.24) is 9.80 Å². The number of benzene rings is 2. The lowest BCUT2D eigenvalue weighted by Crippen LogP contribution is -2.57. The number of nitrogens with one attached hydrogen (secondary N) is 1. The molecule has 2 aliphatic heterocycles. The minimum absolute atomic E-state index is 0.000132. The van der Waals surface area contributed by atoms with Crippen molar-refractivity contribution in [2.75, 3.05) is 44.7 Å². The predicted octanol–water partition coefficient (Wildman–Crippen LogP) is 3.56. The Bertz CT molecular complexity index is 951. The third kappa shape index (κ3) is 4.56. The molecule has 6 nitrogen and oxygen atoms in total. The van der Waals surface area contributed by atoms with Crippen LogP contribution in [-0.4, -0.2) is 61.1 Å². The maximum Gasteiger partial charge on any atom is 0.321 e. The number of carbonyl (C=O) groups is 2. The number of urea groups is 1. The van der Waals surface area contributed by atoms with Gasteiger partial charge < -0.3 is 19.9 Å². The molecule has 4 rings (SSSR count). The van der Waals surface area contributed by atoms with E-state index < -0.39 is 5.41 Å². The van der Waals surface area contributed by atoms with E-state index in [-0.39, 0.29) is 17.8 Å². The fourth-order valence-electron chi connectivity index (χ4n) is 4.47. The highest BCUT2D eigenvalue weighted by Gasteiger charge is 2.45. The Morgan fingerprint density at radius 1 is 0.968 bits per heavy atom. The topological polar surface area (TPSA) is 61.9 Å². The zero-order valence-electron chi connectivity index (χ0n) is 17.8. The normalized spacial score (nSPS) is 18.5. The van der Waals surface area contributed by atoms with Gasteiger partial charge in [-0.1, -0.05) is 24.3 Å². The van der Waals surface area contributed by atoms with E-state index in [9.17, 15) is 14.0 Å². The molecule has 0 aromatic heterocycles. The molecule has 2 fully saturated rings. The molecule has 2 heterocycles. The summed E-state index contributed by atoms with van der Waals surface area (Å²) in [6.45, 7) is 4.75. The Labute approximate surface area is 182 Å². The molecule has 1 N–H and O–H groups in total. The van der Waals surface area contributed by atoms with E-state index in [0.717, 1.165) is 11.3 Å². The van der Waals surface area contributed by atoms with Crippen molar-refractivity contribution in [3.05, 3.63) is 65.5 Å². The first-order valence-electron chi connectivity index (χ1n) is 10.7. The zero-order chi connectivity index (χ0) is 21.8. The first kappa shape index (κ1) is 21.3. The molecule has 31 heavy (non-hydrogen) atoms. The second kappa shape index (κ2) is 9.06.